The molecule has 0 spiro atoms. The Labute approximate surface area is 265 Å². The first kappa shape index (κ1) is 28.3. The molecule has 1 aromatic heterocycles. The number of aromatic hydroxyl groups is 1. The fraction of sp³-hybridized carbons (Fsp3) is 0.235. The van der Waals surface area contributed by atoms with Gasteiger partial charge in [0, 0.05) is 24.5 Å². The lowest BCUT2D eigenvalue weighted by Crippen LogP contribution is -2.58. The second-order valence-corrected chi connectivity index (χ2v) is 12.6. The number of hydrogen-bond acceptors (Lipinski definition) is 6. The first-order chi connectivity index (χ1) is 21.2. The number of ketones is 2. The number of carbonyl (C=O) groups excluding carboxylic acids is 2. The summed E-state index contributed by atoms with van der Waals surface area (Å²) < 4.78 is 9.97. The molecule has 222 valence electrons. The largest absolute Gasteiger partial charge is 0.504 e. The van der Waals surface area contributed by atoms with Crippen LogP contribution in [0.15, 0.2) is 100 Å². The van der Waals surface area contributed by atoms with Gasteiger partial charge in [-0.2, -0.15) is 0 Å². The molecule has 3 aromatic carbocycles. The van der Waals surface area contributed by atoms with Gasteiger partial charge in [-0.1, -0.05) is 66.7 Å². The topological polar surface area (TPSA) is 113 Å². The summed E-state index contributed by atoms with van der Waals surface area (Å²) in [6.45, 7) is 0.131. The Morgan fingerprint density at radius 1 is 0.955 bits per heavy atom. The molecule has 0 radical (unpaired) electrons. The third-order valence-electron chi connectivity index (χ3n) is 9.43. The van der Waals surface area contributed by atoms with Gasteiger partial charge in [-0.05, 0) is 69.5 Å². The minimum atomic E-state index is -1.37. The summed E-state index contributed by atoms with van der Waals surface area (Å²) >= 11 is 2.03. The maximum Gasteiger partial charge on any atom is 0.347 e. The molecule has 0 amide bonds. The smallest absolute Gasteiger partial charge is 0.347 e. The number of phenolic OH excluding ortho intramolecular Hbond substituents is 1. The summed E-state index contributed by atoms with van der Waals surface area (Å²) in [5.74, 6) is -1.82. The quantitative estimate of drug-likeness (QED) is 0.253. The van der Waals surface area contributed by atoms with Crippen molar-refractivity contribution in [3.63, 3.8) is 0 Å². The average molecular weight is 702 g/mol. The predicted octanol–water partition coefficient (Wildman–Crippen LogP) is 4.13. The van der Waals surface area contributed by atoms with Crippen LogP contribution in [0.2, 0.25) is 0 Å². The van der Waals surface area contributed by atoms with Crippen LogP contribution in [-0.4, -0.2) is 37.7 Å². The maximum absolute atomic E-state index is 14.9. The molecular formula is C34H28IN3O6. The number of fused-ring (bicyclic) bond motifs is 4. The van der Waals surface area contributed by atoms with Crippen molar-refractivity contribution in [1.29, 1.82) is 0 Å². The zero-order chi connectivity index (χ0) is 30.9. The number of Topliss-reactive ketones (excluding diaryl/α,β-unsaturated/α-hetero) is 1. The van der Waals surface area contributed by atoms with E-state index in [9.17, 15) is 24.3 Å². The van der Waals surface area contributed by atoms with E-state index in [2.05, 4.69) is 0 Å². The van der Waals surface area contributed by atoms with Crippen LogP contribution in [0.1, 0.15) is 35.1 Å². The molecule has 1 fully saturated rings. The number of aromatic nitrogens is 3. The zero-order valence-electron chi connectivity index (χ0n) is 23.9. The van der Waals surface area contributed by atoms with Gasteiger partial charge in [0.25, 0.3) is 0 Å². The van der Waals surface area contributed by atoms with Crippen LogP contribution in [0.5, 0.6) is 11.5 Å². The van der Waals surface area contributed by atoms with Gasteiger partial charge in [0.05, 0.1) is 28.7 Å². The Bertz CT molecular complexity index is 2040. The number of hydrogen-bond donors (Lipinski definition) is 1. The fourth-order valence-electron chi connectivity index (χ4n) is 7.54. The highest BCUT2D eigenvalue weighted by Gasteiger charge is 2.63. The Balaban J connectivity index is 1.58. The molecule has 1 saturated carbocycles. The monoisotopic (exact) mass is 701 g/mol. The number of benzene rings is 3. The Morgan fingerprint density at radius 3 is 2.32 bits per heavy atom. The van der Waals surface area contributed by atoms with Gasteiger partial charge in [-0.15, -0.1) is 0 Å². The fourth-order valence-corrected chi connectivity index (χ4v) is 8.16. The van der Waals surface area contributed by atoms with Gasteiger partial charge in [-0.25, -0.2) is 23.5 Å². The van der Waals surface area contributed by atoms with Crippen LogP contribution in [0, 0.1) is 9.49 Å². The summed E-state index contributed by atoms with van der Waals surface area (Å²) in [6, 6.07) is 21.3. The van der Waals surface area contributed by atoms with E-state index in [0.29, 0.717) is 25.8 Å². The van der Waals surface area contributed by atoms with Crippen LogP contribution < -0.4 is 16.1 Å². The number of phenols is 1. The van der Waals surface area contributed by atoms with Gasteiger partial charge in [0.1, 0.15) is 0 Å². The first-order valence-corrected chi connectivity index (χ1v) is 15.3. The van der Waals surface area contributed by atoms with Crippen molar-refractivity contribution in [3.8, 4) is 11.5 Å². The highest BCUT2D eigenvalue weighted by Crippen LogP contribution is 2.61. The standard InChI is InChI=1S/C34H28IN3O6/c1-36-32(42)37-14-13-22-26(38(37)33(36)43)18-24-30(40)23(19-9-5-3-6-10-19)17-28(39)34(24,21-11-7-4-8-12-21)29(22)20-15-25(35)31(41)27(16-20)44-2/h3-13,15-17,24,26,29,41H,14,18H2,1-2H3/t24-,26+,29-,34-/m0/s1. The van der Waals surface area contributed by atoms with Crippen molar-refractivity contribution in [2.75, 3.05) is 7.11 Å². The number of allylic oxidation sites excluding steroid dienone is 4. The van der Waals surface area contributed by atoms with Crippen LogP contribution in [0.25, 0.3) is 5.57 Å². The molecule has 44 heavy (non-hydrogen) atoms. The van der Waals surface area contributed by atoms with Crippen molar-refractivity contribution in [3.05, 3.63) is 132 Å². The van der Waals surface area contributed by atoms with E-state index in [1.54, 1.807) is 12.1 Å². The summed E-state index contributed by atoms with van der Waals surface area (Å²) in [5.41, 5.74) is 0.770. The number of nitrogens with zero attached hydrogens (tertiary/aromatic N) is 3. The van der Waals surface area contributed by atoms with E-state index < -0.39 is 34.7 Å². The summed E-state index contributed by atoms with van der Waals surface area (Å²) in [5, 5.41) is 10.8. The summed E-state index contributed by atoms with van der Waals surface area (Å²) in [4.78, 5) is 56.3. The third kappa shape index (κ3) is 3.82. The van der Waals surface area contributed by atoms with Crippen molar-refractivity contribution in [2.45, 2.75) is 30.3 Å². The third-order valence-corrected chi connectivity index (χ3v) is 10.3. The molecule has 10 heteroatoms. The maximum atomic E-state index is 14.9. The lowest BCUT2D eigenvalue weighted by molar-refractivity contribution is -0.133. The normalized spacial score (nSPS) is 24.1. The van der Waals surface area contributed by atoms with Gasteiger partial charge in [0.15, 0.2) is 23.1 Å². The molecule has 1 aliphatic heterocycles. The zero-order valence-corrected chi connectivity index (χ0v) is 26.1. The molecule has 4 aromatic rings. The Kier molecular flexibility index (Phi) is 6.65. The Morgan fingerprint density at radius 2 is 1.64 bits per heavy atom. The molecule has 0 saturated heterocycles. The average Bonchev–Trinajstić information content (AvgIpc) is 3.27. The second-order valence-electron chi connectivity index (χ2n) is 11.4. The highest BCUT2D eigenvalue weighted by atomic mass is 127. The van der Waals surface area contributed by atoms with Crippen LogP contribution in [-0.2, 0) is 28.6 Å². The van der Waals surface area contributed by atoms with E-state index in [0.717, 1.165) is 10.1 Å². The van der Waals surface area contributed by atoms with Crippen LogP contribution >= 0.6 is 22.6 Å². The van der Waals surface area contributed by atoms with E-state index in [-0.39, 0.29) is 36.0 Å². The molecule has 2 heterocycles. The van der Waals surface area contributed by atoms with E-state index in [1.165, 1.54) is 29.6 Å². The Hall–Kier alpha value is -4.45. The van der Waals surface area contributed by atoms with Gasteiger partial charge in [0.2, 0.25) is 0 Å². The molecule has 0 unspecified atom stereocenters. The number of methoxy groups -OCH3 is 1. The van der Waals surface area contributed by atoms with Crippen molar-refractivity contribution < 1.29 is 19.4 Å². The second kappa shape index (κ2) is 10.3. The minimum absolute atomic E-state index is 0.0300. The molecule has 9 nitrogen and oxygen atoms in total. The number of halogens is 1. The predicted molar refractivity (Wildman–Crippen MR) is 172 cm³/mol. The van der Waals surface area contributed by atoms with Gasteiger partial charge < -0.3 is 9.84 Å². The van der Waals surface area contributed by atoms with Gasteiger partial charge >= 0.3 is 11.4 Å². The van der Waals surface area contributed by atoms with Crippen molar-refractivity contribution >= 4 is 39.7 Å². The van der Waals surface area contributed by atoms with Crippen molar-refractivity contribution in [1.82, 2.24) is 13.9 Å². The van der Waals surface area contributed by atoms with E-state index in [1.807, 2.05) is 89.3 Å². The number of carbonyl (C=O) groups is 2. The van der Waals surface area contributed by atoms with E-state index in [4.69, 9.17) is 4.74 Å². The number of ether oxygens (including phenoxy) is 1. The van der Waals surface area contributed by atoms with Crippen molar-refractivity contribution in [2.24, 2.45) is 13.0 Å². The molecule has 2 aliphatic carbocycles. The SMILES string of the molecule is COc1cc([C@H]2C3=CCn4c(=O)n(C)c(=O)n4[C@@H]3C[C@H]3C(=O)C(c4ccccc4)=CC(=O)[C@@]23c2ccccc2)cc(I)c1O. The molecule has 4 atom stereocenters. The first-order valence-electron chi connectivity index (χ1n) is 14.3. The lowest BCUT2D eigenvalue weighted by Gasteiger charge is -2.54. The summed E-state index contributed by atoms with van der Waals surface area (Å²) in [6.07, 6.45) is 3.53. The lowest BCUT2D eigenvalue weighted by atomic mass is 9.47. The van der Waals surface area contributed by atoms with Crippen LogP contribution in [0.4, 0.5) is 0 Å². The molecule has 7 rings (SSSR count). The highest BCUT2D eigenvalue weighted by molar-refractivity contribution is 14.1. The molecule has 3 aliphatic rings. The molecule has 1 N–H and O–H groups in total. The van der Waals surface area contributed by atoms with Crippen LogP contribution in [0.3, 0.4) is 0 Å². The van der Waals surface area contributed by atoms with Gasteiger partial charge in [-0.3, -0.25) is 9.59 Å². The number of rotatable bonds is 4. The summed E-state index contributed by atoms with van der Waals surface area (Å²) in [7, 11) is 2.90. The molecule has 0 bridgehead atoms. The minimum Gasteiger partial charge on any atom is -0.504 e. The molecular weight excluding hydrogens is 673 g/mol. The van der Waals surface area contributed by atoms with E-state index >= 15 is 0 Å².